The Balaban J connectivity index is 1.54. The number of benzene rings is 3. The fourth-order valence-electron chi connectivity index (χ4n) is 2.47. The van der Waals surface area contributed by atoms with Gasteiger partial charge in [0.05, 0.1) is 25.2 Å². The van der Waals surface area contributed by atoms with Crippen LogP contribution in [-0.2, 0) is 11.3 Å². The highest BCUT2D eigenvalue weighted by molar-refractivity contribution is 9.10. The molecule has 0 bridgehead atoms. The van der Waals surface area contributed by atoms with Crippen LogP contribution in [0.5, 0.6) is 5.75 Å². The molecule has 0 aliphatic rings. The largest absolute Gasteiger partial charge is 0.483 e. The average Bonchev–Trinajstić information content (AvgIpc) is 2.70. The van der Waals surface area contributed by atoms with Gasteiger partial charge in [-0.25, -0.2) is 0 Å². The van der Waals surface area contributed by atoms with E-state index < -0.39 is 0 Å². The predicted octanol–water partition coefficient (Wildman–Crippen LogP) is 7.04. The van der Waals surface area contributed by atoms with Gasteiger partial charge in [0.1, 0.15) is 5.75 Å². The zero-order chi connectivity index (χ0) is 20.8. The molecule has 3 rings (SSSR count). The molecule has 0 unspecified atom stereocenters. The van der Waals surface area contributed by atoms with Crippen LogP contribution in [0.4, 0.5) is 11.4 Å². The number of halogens is 4. The van der Waals surface area contributed by atoms with Gasteiger partial charge in [0.25, 0.3) is 5.91 Å². The van der Waals surface area contributed by atoms with Crippen LogP contribution in [0.3, 0.4) is 0 Å². The third-order valence-electron chi connectivity index (χ3n) is 3.92. The molecule has 0 spiro atoms. The van der Waals surface area contributed by atoms with E-state index in [1.165, 1.54) is 0 Å². The molecule has 4 nitrogen and oxygen atoms in total. The van der Waals surface area contributed by atoms with Crippen LogP contribution < -0.4 is 15.4 Å². The highest BCUT2D eigenvalue weighted by atomic mass is 79.9. The molecule has 3 aromatic carbocycles. The van der Waals surface area contributed by atoms with Crippen molar-refractivity contribution in [3.8, 4) is 5.75 Å². The zero-order valence-electron chi connectivity index (χ0n) is 15.0. The molecule has 1 amide bonds. The maximum Gasteiger partial charge on any atom is 0.262 e. The number of anilines is 2. The highest BCUT2D eigenvalue weighted by Crippen LogP contribution is 2.28. The van der Waals surface area contributed by atoms with E-state index in [4.69, 9.17) is 39.5 Å². The number of nitrogens with one attached hydrogen (secondary N) is 2. The molecule has 0 saturated carbocycles. The van der Waals surface area contributed by atoms with Gasteiger partial charge in [0.15, 0.2) is 6.61 Å². The number of carbonyl (C=O) groups is 1. The summed E-state index contributed by atoms with van der Waals surface area (Å²) in [6, 6.07) is 18.0. The standard InChI is InChI=1S/C21H16BrCl3N2O2/c22-15-9-13(11-26-14-6-7-16(23)18(25)10-14)5-8-20(15)29-12-21(28)27-19-4-2-1-3-17(19)24/h1-10,26H,11-12H2,(H,27,28). The SMILES string of the molecule is O=C(COc1ccc(CNc2ccc(Cl)c(Cl)c2)cc1Br)Nc1ccccc1Cl. The maximum atomic E-state index is 12.1. The highest BCUT2D eigenvalue weighted by Gasteiger charge is 2.09. The molecular formula is C21H16BrCl3N2O2. The van der Waals surface area contributed by atoms with Crippen LogP contribution in [0.15, 0.2) is 65.1 Å². The second-order valence-corrected chi connectivity index (χ2v) is 8.14. The van der Waals surface area contributed by atoms with E-state index in [-0.39, 0.29) is 12.5 Å². The average molecular weight is 515 g/mol. The quantitative estimate of drug-likeness (QED) is 0.356. The van der Waals surface area contributed by atoms with Gasteiger partial charge in [-0.1, -0.05) is 53.0 Å². The number of amides is 1. The van der Waals surface area contributed by atoms with E-state index in [1.807, 2.05) is 18.2 Å². The molecule has 0 aliphatic heterocycles. The van der Waals surface area contributed by atoms with Gasteiger partial charge in [-0.15, -0.1) is 0 Å². The molecule has 3 aromatic rings. The molecule has 8 heteroatoms. The summed E-state index contributed by atoms with van der Waals surface area (Å²) >= 11 is 21.5. The molecule has 0 radical (unpaired) electrons. The molecule has 29 heavy (non-hydrogen) atoms. The number of ether oxygens (including phenoxy) is 1. The molecular weight excluding hydrogens is 499 g/mol. The molecule has 0 aromatic heterocycles. The lowest BCUT2D eigenvalue weighted by Gasteiger charge is -2.12. The molecule has 150 valence electrons. The first-order valence-corrected chi connectivity index (χ1v) is 10.5. The minimum Gasteiger partial charge on any atom is -0.483 e. The lowest BCUT2D eigenvalue weighted by Crippen LogP contribution is -2.20. The summed E-state index contributed by atoms with van der Waals surface area (Å²) < 4.78 is 6.35. The monoisotopic (exact) mass is 512 g/mol. The molecule has 0 heterocycles. The normalized spacial score (nSPS) is 10.5. The second kappa shape index (κ2) is 10.2. The molecule has 2 N–H and O–H groups in total. The lowest BCUT2D eigenvalue weighted by atomic mass is 10.2. The number of hydrogen-bond acceptors (Lipinski definition) is 3. The van der Waals surface area contributed by atoms with E-state index in [9.17, 15) is 4.79 Å². The first-order valence-electron chi connectivity index (χ1n) is 8.57. The predicted molar refractivity (Wildman–Crippen MR) is 124 cm³/mol. The van der Waals surface area contributed by atoms with Gasteiger partial charge in [0, 0.05) is 12.2 Å². The van der Waals surface area contributed by atoms with E-state index in [0.29, 0.717) is 33.0 Å². The fraction of sp³-hybridized carbons (Fsp3) is 0.0952. The van der Waals surface area contributed by atoms with E-state index in [0.717, 1.165) is 15.7 Å². The van der Waals surface area contributed by atoms with Crippen LogP contribution >= 0.6 is 50.7 Å². The zero-order valence-corrected chi connectivity index (χ0v) is 18.9. The number of para-hydroxylation sites is 1. The Morgan fingerprint density at radius 1 is 0.931 bits per heavy atom. The Bertz CT molecular complexity index is 1030. The number of rotatable bonds is 7. The lowest BCUT2D eigenvalue weighted by molar-refractivity contribution is -0.118. The van der Waals surface area contributed by atoms with Crippen molar-refractivity contribution in [2.75, 3.05) is 17.2 Å². The molecule has 0 fully saturated rings. The third-order valence-corrected chi connectivity index (χ3v) is 5.61. The van der Waals surface area contributed by atoms with Crippen LogP contribution in [0.2, 0.25) is 15.1 Å². The van der Waals surface area contributed by atoms with Crippen molar-refractivity contribution in [1.29, 1.82) is 0 Å². The first kappa shape index (κ1) is 21.8. The minimum atomic E-state index is -0.296. The number of carbonyl (C=O) groups excluding carboxylic acids is 1. The maximum absolute atomic E-state index is 12.1. The molecule has 0 saturated heterocycles. The van der Waals surface area contributed by atoms with Crippen molar-refractivity contribution in [1.82, 2.24) is 0 Å². The molecule has 0 aliphatic carbocycles. The van der Waals surface area contributed by atoms with Gasteiger partial charge < -0.3 is 15.4 Å². The smallest absolute Gasteiger partial charge is 0.262 e. The molecule has 0 atom stereocenters. The van der Waals surface area contributed by atoms with Gasteiger partial charge in [-0.3, -0.25) is 4.79 Å². The van der Waals surface area contributed by atoms with E-state index in [1.54, 1.807) is 42.5 Å². The fourth-order valence-corrected chi connectivity index (χ4v) is 3.50. The van der Waals surface area contributed by atoms with Gasteiger partial charge in [-0.05, 0) is 64.0 Å². The minimum absolute atomic E-state index is 0.134. The van der Waals surface area contributed by atoms with E-state index >= 15 is 0 Å². The van der Waals surface area contributed by atoms with Crippen molar-refractivity contribution >= 4 is 68.0 Å². The Kier molecular flexibility index (Phi) is 7.67. The van der Waals surface area contributed by atoms with Crippen molar-refractivity contribution < 1.29 is 9.53 Å². The summed E-state index contributed by atoms with van der Waals surface area (Å²) in [4.78, 5) is 12.1. The van der Waals surface area contributed by atoms with Gasteiger partial charge in [0.2, 0.25) is 0 Å². The van der Waals surface area contributed by atoms with Crippen molar-refractivity contribution in [3.63, 3.8) is 0 Å². The first-order chi connectivity index (χ1) is 13.9. The topological polar surface area (TPSA) is 50.4 Å². The van der Waals surface area contributed by atoms with Crippen LogP contribution in [0.1, 0.15) is 5.56 Å². The van der Waals surface area contributed by atoms with Crippen molar-refractivity contribution in [2.45, 2.75) is 6.54 Å². The van der Waals surface area contributed by atoms with E-state index in [2.05, 4.69) is 26.6 Å². The summed E-state index contributed by atoms with van der Waals surface area (Å²) in [7, 11) is 0. The summed E-state index contributed by atoms with van der Waals surface area (Å²) in [6.07, 6.45) is 0. The number of hydrogen-bond donors (Lipinski definition) is 2. The Morgan fingerprint density at radius 3 is 2.45 bits per heavy atom. The Hall–Kier alpha value is -1.92. The summed E-state index contributed by atoms with van der Waals surface area (Å²) in [5.41, 5.74) is 2.44. The second-order valence-electron chi connectivity index (χ2n) is 6.06. The Morgan fingerprint density at radius 2 is 1.72 bits per heavy atom. The van der Waals surface area contributed by atoms with Gasteiger partial charge in [-0.2, -0.15) is 0 Å². The van der Waals surface area contributed by atoms with Crippen molar-refractivity contribution in [3.05, 3.63) is 85.8 Å². The van der Waals surface area contributed by atoms with Crippen LogP contribution in [-0.4, -0.2) is 12.5 Å². The van der Waals surface area contributed by atoms with Crippen LogP contribution in [0, 0.1) is 0 Å². The summed E-state index contributed by atoms with van der Waals surface area (Å²) in [5, 5.41) is 7.48. The Labute approximate surface area is 192 Å². The summed E-state index contributed by atoms with van der Waals surface area (Å²) in [6.45, 7) is 0.453. The van der Waals surface area contributed by atoms with Gasteiger partial charge >= 0.3 is 0 Å². The van der Waals surface area contributed by atoms with Crippen LogP contribution in [0.25, 0.3) is 0 Å². The van der Waals surface area contributed by atoms with Crippen molar-refractivity contribution in [2.24, 2.45) is 0 Å². The summed E-state index contributed by atoms with van der Waals surface area (Å²) in [5.74, 6) is 0.271. The third kappa shape index (κ3) is 6.28.